The fourth-order valence-electron chi connectivity index (χ4n) is 2.88. The molecule has 0 aliphatic rings. The second-order valence-corrected chi connectivity index (χ2v) is 8.13. The number of hydrogen-bond donors (Lipinski definition) is 2. The Morgan fingerprint density at radius 3 is 2.41 bits per heavy atom. The van der Waals surface area contributed by atoms with Gasteiger partial charge >= 0.3 is 0 Å². The van der Waals surface area contributed by atoms with Gasteiger partial charge in [0.25, 0.3) is 11.8 Å². The topological polar surface area (TPSA) is 81.4 Å². The van der Waals surface area contributed by atoms with Gasteiger partial charge in [0, 0.05) is 16.3 Å². The van der Waals surface area contributed by atoms with E-state index in [0.717, 1.165) is 16.0 Å². The van der Waals surface area contributed by atoms with E-state index in [4.69, 9.17) is 22.1 Å². The number of nitrogens with two attached hydrogens (primary N) is 1. The van der Waals surface area contributed by atoms with Crippen molar-refractivity contribution in [2.45, 2.75) is 26.4 Å². The molecule has 0 spiro atoms. The molecule has 2 aromatic carbocycles. The Bertz CT molecular complexity index is 1020. The molecule has 0 radical (unpaired) electrons. The molecule has 5 nitrogen and oxygen atoms in total. The Morgan fingerprint density at radius 2 is 1.79 bits per heavy atom. The summed E-state index contributed by atoms with van der Waals surface area (Å²) in [5.41, 5.74) is 7.83. The molecule has 2 amide bonds. The van der Waals surface area contributed by atoms with E-state index in [0.29, 0.717) is 27.8 Å². The minimum Gasteiger partial charge on any atom is -0.481 e. The maximum atomic E-state index is 12.6. The number of halogens is 1. The van der Waals surface area contributed by atoms with Crippen molar-refractivity contribution in [2.75, 3.05) is 5.32 Å². The predicted octanol–water partition coefficient (Wildman–Crippen LogP) is 4.81. The summed E-state index contributed by atoms with van der Waals surface area (Å²) in [5.74, 6) is -0.408. The summed E-state index contributed by atoms with van der Waals surface area (Å²) in [7, 11) is 0. The zero-order chi connectivity index (χ0) is 21.0. The van der Waals surface area contributed by atoms with Crippen LogP contribution in [0.2, 0.25) is 5.02 Å². The normalized spacial score (nSPS) is 11.7. The molecule has 1 unspecified atom stereocenters. The first-order valence-electron chi connectivity index (χ1n) is 9.04. The van der Waals surface area contributed by atoms with Crippen LogP contribution in [0.3, 0.4) is 0 Å². The predicted molar refractivity (Wildman–Crippen MR) is 117 cm³/mol. The van der Waals surface area contributed by atoms with Crippen LogP contribution in [0, 0.1) is 6.92 Å². The number of nitrogens with one attached hydrogen (secondary N) is 1. The number of hydrogen-bond acceptors (Lipinski definition) is 4. The third-order valence-electron chi connectivity index (χ3n) is 4.43. The van der Waals surface area contributed by atoms with Gasteiger partial charge in [-0.25, -0.2) is 0 Å². The third kappa shape index (κ3) is 5.16. The SMILES string of the molecule is Cc1c(Cc2ccccc2)sc(NC(=O)C(C)Oc2ccc(Cl)cc2)c1C(N)=O. The molecule has 1 atom stereocenters. The standard InChI is InChI=1S/C22H21ClN2O3S/c1-13-18(12-15-6-4-3-5-7-15)29-22(19(13)20(24)26)25-21(27)14(2)28-17-10-8-16(23)9-11-17/h3-11,14H,12H2,1-2H3,(H2,24,26)(H,25,27). The summed E-state index contributed by atoms with van der Waals surface area (Å²) < 4.78 is 5.65. The zero-order valence-corrected chi connectivity index (χ0v) is 17.6. The van der Waals surface area contributed by atoms with Crippen LogP contribution in [0.25, 0.3) is 0 Å². The molecule has 0 saturated heterocycles. The number of rotatable bonds is 7. The van der Waals surface area contributed by atoms with Crippen molar-refractivity contribution < 1.29 is 14.3 Å². The molecular formula is C22H21ClN2O3S. The maximum absolute atomic E-state index is 12.6. The van der Waals surface area contributed by atoms with Crippen molar-refractivity contribution in [1.29, 1.82) is 0 Å². The molecule has 3 aromatic rings. The lowest BCUT2D eigenvalue weighted by Gasteiger charge is -2.14. The van der Waals surface area contributed by atoms with Crippen LogP contribution in [-0.2, 0) is 11.2 Å². The van der Waals surface area contributed by atoms with Gasteiger partial charge < -0.3 is 15.8 Å². The molecule has 0 aliphatic carbocycles. The fraction of sp³-hybridized carbons (Fsp3) is 0.182. The van der Waals surface area contributed by atoms with Gasteiger partial charge in [0.2, 0.25) is 0 Å². The molecule has 0 saturated carbocycles. The first-order chi connectivity index (χ1) is 13.8. The lowest BCUT2D eigenvalue weighted by molar-refractivity contribution is -0.122. The summed E-state index contributed by atoms with van der Waals surface area (Å²) in [5, 5.41) is 3.82. The Hall–Kier alpha value is -2.83. The number of primary amides is 1. The largest absolute Gasteiger partial charge is 0.481 e. The van der Waals surface area contributed by atoms with Crippen molar-refractivity contribution in [3.05, 3.63) is 81.2 Å². The van der Waals surface area contributed by atoms with Gasteiger partial charge in [-0.3, -0.25) is 9.59 Å². The Labute approximate surface area is 178 Å². The van der Waals surface area contributed by atoms with E-state index >= 15 is 0 Å². The second-order valence-electron chi connectivity index (χ2n) is 6.58. The Morgan fingerprint density at radius 1 is 1.14 bits per heavy atom. The van der Waals surface area contributed by atoms with Gasteiger partial charge in [-0.15, -0.1) is 11.3 Å². The van der Waals surface area contributed by atoms with Crippen LogP contribution in [0.4, 0.5) is 5.00 Å². The molecule has 0 aliphatic heterocycles. The van der Waals surface area contributed by atoms with Gasteiger partial charge in [-0.1, -0.05) is 41.9 Å². The van der Waals surface area contributed by atoms with E-state index in [2.05, 4.69) is 5.32 Å². The van der Waals surface area contributed by atoms with E-state index in [9.17, 15) is 9.59 Å². The average molecular weight is 429 g/mol. The van der Waals surface area contributed by atoms with Crippen LogP contribution in [0.1, 0.15) is 33.3 Å². The number of ether oxygens (including phenoxy) is 1. The summed E-state index contributed by atoms with van der Waals surface area (Å²) in [4.78, 5) is 25.6. The molecule has 3 rings (SSSR count). The van der Waals surface area contributed by atoms with Gasteiger partial charge in [0.05, 0.1) is 5.56 Å². The minimum absolute atomic E-state index is 0.341. The van der Waals surface area contributed by atoms with Gasteiger partial charge in [0.15, 0.2) is 6.10 Å². The molecule has 0 bridgehead atoms. The minimum atomic E-state index is -0.767. The molecule has 150 valence electrons. The van der Waals surface area contributed by atoms with Crippen molar-refractivity contribution in [1.82, 2.24) is 0 Å². The summed E-state index contributed by atoms with van der Waals surface area (Å²) in [6.45, 7) is 3.48. The van der Waals surface area contributed by atoms with Gasteiger partial charge in [-0.2, -0.15) is 0 Å². The molecule has 0 fully saturated rings. The lowest BCUT2D eigenvalue weighted by Crippen LogP contribution is -2.30. The first-order valence-corrected chi connectivity index (χ1v) is 10.2. The Kier molecular flexibility index (Phi) is 6.56. The number of carbonyl (C=O) groups excluding carboxylic acids is 2. The molecule has 7 heteroatoms. The van der Waals surface area contributed by atoms with E-state index in [1.54, 1.807) is 31.2 Å². The summed E-state index contributed by atoms with van der Waals surface area (Å²) in [6.07, 6.45) is -0.110. The lowest BCUT2D eigenvalue weighted by atomic mass is 10.1. The van der Waals surface area contributed by atoms with Crippen LogP contribution in [0.15, 0.2) is 54.6 Å². The smallest absolute Gasteiger partial charge is 0.265 e. The van der Waals surface area contributed by atoms with Crippen molar-refractivity contribution in [2.24, 2.45) is 5.73 Å². The van der Waals surface area contributed by atoms with Gasteiger partial charge in [0.1, 0.15) is 10.8 Å². The second kappa shape index (κ2) is 9.11. The maximum Gasteiger partial charge on any atom is 0.265 e. The number of benzene rings is 2. The summed E-state index contributed by atoms with van der Waals surface area (Å²) in [6, 6.07) is 16.7. The van der Waals surface area contributed by atoms with E-state index in [-0.39, 0.29) is 5.91 Å². The van der Waals surface area contributed by atoms with Crippen LogP contribution < -0.4 is 15.8 Å². The monoisotopic (exact) mass is 428 g/mol. The van der Waals surface area contributed by atoms with Crippen molar-refractivity contribution in [3.63, 3.8) is 0 Å². The fourth-order valence-corrected chi connectivity index (χ4v) is 4.25. The number of anilines is 1. The highest BCUT2D eigenvalue weighted by Gasteiger charge is 2.23. The number of carbonyl (C=O) groups is 2. The highest BCUT2D eigenvalue weighted by Crippen LogP contribution is 2.34. The molecular weight excluding hydrogens is 408 g/mol. The highest BCUT2D eigenvalue weighted by molar-refractivity contribution is 7.17. The van der Waals surface area contributed by atoms with Crippen LogP contribution >= 0.6 is 22.9 Å². The molecule has 1 aromatic heterocycles. The number of thiophene rings is 1. The zero-order valence-electron chi connectivity index (χ0n) is 16.1. The first kappa shape index (κ1) is 20.9. The van der Waals surface area contributed by atoms with Crippen molar-refractivity contribution >= 4 is 39.8 Å². The molecule has 3 N–H and O–H groups in total. The van der Waals surface area contributed by atoms with E-state index in [1.807, 2.05) is 37.3 Å². The van der Waals surface area contributed by atoms with Crippen molar-refractivity contribution in [3.8, 4) is 5.75 Å². The molecule has 1 heterocycles. The summed E-state index contributed by atoms with van der Waals surface area (Å²) >= 11 is 7.22. The third-order valence-corrected chi connectivity index (χ3v) is 5.89. The Balaban J connectivity index is 1.78. The van der Waals surface area contributed by atoms with E-state index < -0.39 is 12.0 Å². The highest BCUT2D eigenvalue weighted by atomic mass is 35.5. The molecule has 29 heavy (non-hydrogen) atoms. The number of amides is 2. The quantitative estimate of drug-likeness (QED) is 0.566. The van der Waals surface area contributed by atoms with Gasteiger partial charge in [-0.05, 0) is 49.2 Å². The average Bonchev–Trinajstić information content (AvgIpc) is 2.99. The van der Waals surface area contributed by atoms with Crippen LogP contribution in [0.5, 0.6) is 5.75 Å². The van der Waals surface area contributed by atoms with E-state index in [1.165, 1.54) is 11.3 Å². The van der Waals surface area contributed by atoms with Crippen LogP contribution in [-0.4, -0.2) is 17.9 Å².